The Labute approximate surface area is 170 Å². The highest BCUT2D eigenvalue weighted by molar-refractivity contribution is 9.10. The van der Waals surface area contributed by atoms with Crippen LogP contribution >= 0.6 is 15.9 Å². The first-order valence-corrected chi connectivity index (χ1v) is 10.2. The topological polar surface area (TPSA) is 68.2 Å². The lowest BCUT2D eigenvalue weighted by atomic mass is 9.98. The summed E-state index contributed by atoms with van der Waals surface area (Å²) in [6.45, 7) is 2.52. The quantitative estimate of drug-likeness (QED) is 0.445. The fraction of sp³-hybridized carbons (Fsp3) is 0.286. The molecule has 2 aromatic heterocycles. The van der Waals surface area contributed by atoms with E-state index < -0.39 is 0 Å². The number of benzene rings is 2. The molecule has 0 spiro atoms. The van der Waals surface area contributed by atoms with Gasteiger partial charge in [-0.2, -0.15) is 0 Å². The van der Waals surface area contributed by atoms with Crippen LogP contribution < -0.4 is 0 Å². The van der Waals surface area contributed by atoms with Gasteiger partial charge in [-0.05, 0) is 49.7 Å². The zero-order valence-electron chi connectivity index (χ0n) is 15.2. The predicted octanol–water partition coefficient (Wildman–Crippen LogP) is 5.02. The molecule has 0 N–H and O–H groups in total. The molecule has 0 radical (unpaired) electrons. The summed E-state index contributed by atoms with van der Waals surface area (Å²) in [6.07, 6.45) is 2.17. The first-order chi connectivity index (χ1) is 13.7. The van der Waals surface area contributed by atoms with Gasteiger partial charge in [0, 0.05) is 22.5 Å². The molecule has 1 saturated heterocycles. The Bertz CT molecular complexity index is 1070. The number of likely N-dealkylation sites (tertiary alicyclic amines) is 1. The minimum absolute atomic E-state index is 0.286. The van der Waals surface area contributed by atoms with Gasteiger partial charge in [0.05, 0.1) is 6.54 Å². The van der Waals surface area contributed by atoms with Crippen molar-refractivity contribution in [3.63, 3.8) is 0 Å². The minimum Gasteiger partial charge on any atom is -0.440 e. The molecule has 4 aromatic rings. The van der Waals surface area contributed by atoms with E-state index in [9.17, 15) is 0 Å². The molecule has 1 aliphatic heterocycles. The SMILES string of the molecule is Brc1cccc(-c2nnc(CN3CCCC(c4nc5ccccc5o4)C3)o2)c1. The Morgan fingerprint density at radius 2 is 2.00 bits per heavy atom. The molecule has 0 saturated carbocycles. The lowest BCUT2D eigenvalue weighted by molar-refractivity contribution is 0.173. The molecule has 2 aromatic carbocycles. The van der Waals surface area contributed by atoms with Crippen molar-refractivity contribution in [2.45, 2.75) is 25.3 Å². The number of nitrogens with zero attached hydrogens (tertiary/aromatic N) is 4. The van der Waals surface area contributed by atoms with Crippen LogP contribution in [0.5, 0.6) is 0 Å². The third-order valence-corrected chi connectivity index (χ3v) is 5.56. The summed E-state index contributed by atoms with van der Waals surface area (Å²) in [6, 6.07) is 15.8. The maximum atomic E-state index is 5.99. The Kier molecular flexibility index (Phi) is 4.70. The number of halogens is 1. The summed E-state index contributed by atoms with van der Waals surface area (Å²) < 4.78 is 12.9. The van der Waals surface area contributed by atoms with E-state index in [2.05, 4.69) is 36.0 Å². The number of hydrogen-bond acceptors (Lipinski definition) is 6. The van der Waals surface area contributed by atoms with Crippen LogP contribution in [0.2, 0.25) is 0 Å². The first kappa shape index (κ1) is 17.6. The van der Waals surface area contributed by atoms with Crippen LogP contribution in [0, 0.1) is 0 Å². The molecule has 6 nitrogen and oxygen atoms in total. The highest BCUT2D eigenvalue weighted by Crippen LogP contribution is 2.30. The van der Waals surface area contributed by atoms with E-state index in [-0.39, 0.29) is 5.92 Å². The van der Waals surface area contributed by atoms with Crippen molar-refractivity contribution >= 4 is 27.0 Å². The largest absolute Gasteiger partial charge is 0.440 e. The molecule has 28 heavy (non-hydrogen) atoms. The second-order valence-corrected chi connectivity index (χ2v) is 8.02. The van der Waals surface area contributed by atoms with Crippen LogP contribution in [0.1, 0.15) is 30.5 Å². The van der Waals surface area contributed by atoms with Gasteiger partial charge in [-0.25, -0.2) is 4.98 Å². The molecule has 142 valence electrons. The number of oxazole rings is 1. The van der Waals surface area contributed by atoms with Gasteiger partial charge in [0.15, 0.2) is 11.5 Å². The number of fused-ring (bicyclic) bond motifs is 1. The van der Waals surface area contributed by atoms with E-state index in [0.29, 0.717) is 18.3 Å². The van der Waals surface area contributed by atoms with Gasteiger partial charge >= 0.3 is 0 Å². The maximum absolute atomic E-state index is 5.99. The minimum atomic E-state index is 0.286. The van der Waals surface area contributed by atoms with E-state index in [0.717, 1.165) is 53.0 Å². The number of para-hydroxylation sites is 2. The van der Waals surface area contributed by atoms with Gasteiger partial charge in [-0.15, -0.1) is 10.2 Å². The first-order valence-electron chi connectivity index (χ1n) is 9.41. The Balaban J connectivity index is 1.29. The molecule has 1 aliphatic rings. The number of aromatic nitrogens is 3. The summed E-state index contributed by atoms with van der Waals surface area (Å²) in [5, 5.41) is 8.44. The second kappa shape index (κ2) is 7.48. The summed E-state index contributed by atoms with van der Waals surface area (Å²) >= 11 is 3.47. The van der Waals surface area contributed by atoms with Crippen LogP contribution in [-0.4, -0.2) is 33.2 Å². The molecular formula is C21H19BrN4O2. The van der Waals surface area contributed by atoms with Crippen molar-refractivity contribution in [2.24, 2.45) is 0 Å². The maximum Gasteiger partial charge on any atom is 0.247 e. The lowest BCUT2D eigenvalue weighted by Gasteiger charge is -2.29. The smallest absolute Gasteiger partial charge is 0.247 e. The highest BCUT2D eigenvalue weighted by Gasteiger charge is 2.26. The van der Waals surface area contributed by atoms with Gasteiger partial charge in [-0.3, -0.25) is 4.90 Å². The second-order valence-electron chi connectivity index (χ2n) is 7.11. The Hall–Kier alpha value is -2.51. The van der Waals surface area contributed by atoms with Crippen molar-refractivity contribution in [3.8, 4) is 11.5 Å². The normalized spacial score (nSPS) is 18.0. The van der Waals surface area contributed by atoms with Crippen molar-refractivity contribution in [1.82, 2.24) is 20.1 Å². The molecule has 3 heterocycles. The number of hydrogen-bond donors (Lipinski definition) is 0. The van der Waals surface area contributed by atoms with Gasteiger partial charge in [-0.1, -0.05) is 34.1 Å². The molecule has 0 amide bonds. The molecule has 0 aliphatic carbocycles. The number of piperidine rings is 1. The monoisotopic (exact) mass is 438 g/mol. The van der Waals surface area contributed by atoms with E-state index in [4.69, 9.17) is 8.83 Å². The molecular weight excluding hydrogens is 420 g/mol. The van der Waals surface area contributed by atoms with Crippen LogP contribution in [0.4, 0.5) is 0 Å². The molecule has 1 unspecified atom stereocenters. The zero-order valence-corrected chi connectivity index (χ0v) is 16.8. The molecule has 0 bridgehead atoms. The molecule has 5 rings (SSSR count). The predicted molar refractivity (Wildman–Crippen MR) is 109 cm³/mol. The average Bonchev–Trinajstić information content (AvgIpc) is 3.35. The highest BCUT2D eigenvalue weighted by atomic mass is 79.9. The van der Waals surface area contributed by atoms with Crippen molar-refractivity contribution in [2.75, 3.05) is 13.1 Å². The fourth-order valence-electron chi connectivity index (χ4n) is 3.71. The van der Waals surface area contributed by atoms with Gasteiger partial charge < -0.3 is 8.83 Å². The van der Waals surface area contributed by atoms with Crippen LogP contribution in [0.3, 0.4) is 0 Å². The van der Waals surface area contributed by atoms with Crippen LogP contribution in [0.15, 0.2) is 61.8 Å². The average molecular weight is 439 g/mol. The molecule has 1 fully saturated rings. The lowest BCUT2D eigenvalue weighted by Crippen LogP contribution is -2.34. The van der Waals surface area contributed by atoms with Crippen LogP contribution in [0.25, 0.3) is 22.6 Å². The molecule has 7 heteroatoms. The fourth-order valence-corrected chi connectivity index (χ4v) is 4.11. The third kappa shape index (κ3) is 3.59. The Morgan fingerprint density at radius 3 is 2.89 bits per heavy atom. The van der Waals surface area contributed by atoms with Gasteiger partial charge in [0.1, 0.15) is 5.52 Å². The Morgan fingerprint density at radius 1 is 1.07 bits per heavy atom. The number of rotatable bonds is 4. The van der Waals surface area contributed by atoms with E-state index in [1.807, 2.05) is 48.5 Å². The standard InChI is InChI=1S/C21H19BrN4O2/c22-16-7-3-5-14(11-16)21-25-24-19(28-21)13-26-10-4-6-15(12-26)20-23-17-8-1-2-9-18(17)27-20/h1-3,5,7-9,11,15H,4,6,10,12-13H2. The third-order valence-electron chi connectivity index (χ3n) is 5.06. The van der Waals surface area contributed by atoms with Crippen molar-refractivity contribution in [1.29, 1.82) is 0 Å². The van der Waals surface area contributed by atoms with E-state index in [1.165, 1.54) is 0 Å². The zero-order chi connectivity index (χ0) is 18.9. The molecule has 1 atom stereocenters. The van der Waals surface area contributed by atoms with Crippen molar-refractivity contribution < 1.29 is 8.83 Å². The summed E-state index contributed by atoms with van der Waals surface area (Å²) in [5.41, 5.74) is 2.69. The summed E-state index contributed by atoms with van der Waals surface area (Å²) in [7, 11) is 0. The summed E-state index contributed by atoms with van der Waals surface area (Å²) in [5.74, 6) is 2.29. The van der Waals surface area contributed by atoms with Gasteiger partial charge in [0.25, 0.3) is 0 Å². The van der Waals surface area contributed by atoms with Crippen LogP contribution in [-0.2, 0) is 6.54 Å². The van der Waals surface area contributed by atoms with Gasteiger partial charge in [0.2, 0.25) is 11.8 Å². The van der Waals surface area contributed by atoms with E-state index in [1.54, 1.807) is 0 Å². The van der Waals surface area contributed by atoms with Crippen molar-refractivity contribution in [3.05, 3.63) is 64.8 Å². The van der Waals surface area contributed by atoms with E-state index >= 15 is 0 Å². The summed E-state index contributed by atoms with van der Waals surface area (Å²) in [4.78, 5) is 7.02.